The molecule has 6 heteroatoms. The smallest absolute Gasteiger partial charge is 0.323 e. The van der Waals surface area contributed by atoms with Crippen LogP contribution in [0.25, 0.3) is 10.8 Å². The maximum atomic E-state index is 12.7. The van der Waals surface area contributed by atoms with Crippen LogP contribution in [-0.4, -0.2) is 55.8 Å². The molecule has 0 saturated carbocycles. The minimum Gasteiger partial charge on any atom is -0.497 e. The van der Waals surface area contributed by atoms with Gasteiger partial charge in [0.15, 0.2) is 0 Å². The molecule has 0 aliphatic heterocycles. The largest absolute Gasteiger partial charge is 0.497 e. The standard InChI is InChI=1S/C19H23NO5/c1-13(19(23)20(8-9-24-2)12-18(21)22)14-4-5-16-11-17(25-3)7-6-15(16)10-14/h4-7,10-11,13H,8-9,12H2,1-3H3,(H,21,22)/t13-/m0/s1. The monoisotopic (exact) mass is 345 g/mol. The zero-order valence-corrected chi connectivity index (χ0v) is 14.7. The van der Waals surface area contributed by atoms with E-state index in [9.17, 15) is 9.59 Å². The Hall–Kier alpha value is -2.60. The first-order valence-electron chi connectivity index (χ1n) is 8.03. The molecule has 2 aromatic rings. The highest BCUT2D eigenvalue weighted by molar-refractivity contribution is 5.89. The second-order valence-electron chi connectivity index (χ2n) is 5.84. The minimum atomic E-state index is -1.04. The number of benzene rings is 2. The SMILES string of the molecule is COCCN(CC(=O)O)C(=O)[C@@H](C)c1ccc2cc(OC)ccc2c1. The van der Waals surface area contributed by atoms with Gasteiger partial charge in [-0.1, -0.05) is 24.3 Å². The highest BCUT2D eigenvalue weighted by Crippen LogP contribution is 2.26. The number of carbonyl (C=O) groups excluding carboxylic acids is 1. The highest BCUT2D eigenvalue weighted by Gasteiger charge is 2.23. The molecule has 0 aliphatic rings. The maximum Gasteiger partial charge on any atom is 0.323 e. The molecular weight excluding hydrogens is 322 g/mol. The molecule has 0 aromatic heterocycles. The van der Waals surface area contributed by atoms with Crippen molar-refractivity contribution in [2.24, 2.45) is 0 Å². The van der Waals surface area contributed by atoms with Crippen molar-refractivity contribution >= 4 is 22.6 Å². The van der Waals surface area contributed by atoms with Crippen molar-refractivity contribution in [1.82, 2.24) is 4.90 Å². The van der Waals surface area contributed by atoms with E-state index in [0.29, 0.717) is 6.61 Å². The Bertz CT molecular complexity index is 759. The van der Waals surface area contributed by atoms with Crippen LogP contribution in [0.15, 0.2) is 36.4 Å². The Kier molecular flexibility index (Phi) is 6.36. The second kappa shape index (κ2) is 8.48. The van der Waals surface area contributed by atoms with Crippen molar-refractivity contribution in [3.63, 3.8) is 0 Å². The number of aliphatic carboxylic acids is 1. The van der Waals surface area contributed by atoms with Gasteiger partial charge in [-0.25, -0.2) is 0 Å². The van der Waals surface area contributed by atoms with Crippen molar-refractivity contribution < 1.29 is 24.2 Å². The number of amides is 1. The van der Waals surface area contributed by atoms with Gasteiger partial charge in [-0.2, -0.15) is 0 Å². The summed E-state index contributed by atoms with van der Waals surface area (Å²) in [4.78, 5) is 25.0. The molecular formula is C19H23NO5. The average molecular weight is 345 g/mol. The van der Waals surface area contributed by atoms with E-state index < -0.39 is 11.9 Å². The molecule has 6 nitrogen and oxygen atoms in total. The van der Waals surface area contributed by atoms with Gasteiger partial charge in [0, 0.05) is 13.7 Å². The molecule has 25 heavy (non-hydrogen) atoms. The molecule has 0 aliphatic carbocycles. The summed E-state index contributed by atoms with van der Waals surface area (Å²) >= 11 is 0. The van der Waals surface area contributed by atoms with Gasteiger partial charge in [-0.05, 0) is 35.4 Å². The van der Waals surface area contributed by atoms with Crippen LogP contribution in [0.3, 0.4) is 0 Å². The fourth-order valence-corrected chi connectivity index (χ4v) is 2.69. The van der Waals surface area contributed by atoms with Gasteiger partial charge < -0.3 is 19.5 Å². The number of carbonyl (C=O) groups is 2. The Morgan fingerprint density at radius 1 is 1.12 bits per heavy atom. The summed E-state index contributed by atoms with van der Waals surface area (Å²) in [7, 11) is 3.14. The number of hydrogen-bond donors (Lipinski definition) is 1. The third kappa shape index (κ3) is 4.70. The first kappa shape index (κ1) is 18.7. The molecule has 1 N–H and O–H groups in total. The Morgan fingerprint density at radius 3 is 2.44 bits per heavy atom. The van der Waals surface area contributed by atoms with Gasteiger partial charge in [0.1, 0.15) is 12.3 Å². The summed E-state index contributed by atoms with van der Waals surface area (Å²) in [6, 6.07) is 11.5. The van der Waals surface area contributed by atoms with Crippen molar-refractivity contribution in [1.29, 1.82) is 0 Å². The molecule has 0 heterocycles. The van der Waals surface area contributed by atoms with Gasteiger partial charge in [-0.3, -0.25) is 9.59 Å². The Labute approximate surface area is 147 Å². The Balaban J connectivity index is 2.24. The van der Waals surface area contributed by atoms with Crippen LogP contribution < -0.4 is 4.74 Å². The van der Waals surface area contributed by atoms with Crippen molar-refractivity contribution in [2.75, 3.05) is 33.9 Å². The summed E-state index contributed by atoms with van der Waals surface area (Å²) < 4.78 is 10.2. The number of carboxylic acids is 1. The summed E-state index contributed by atoms with van der Waals surface area (Å²) in [5.74, 6) is -0.936. The van der Waals surface area contributed by atoms with E-state index in [0.717, 1.165) is 22.1 Å². The van der Waals surface area contributed by atoms with Crippen molar-refractivity contribution in [2.45, 2.75) is 12.8 Å². The van der Waals surface area contributed by atoms with Gasteiger partial charge in [-0.15, -0.1) is 0 Å². The van der Waals surface area contributed by atoms with Crippen LogP contribution in [0.4, 0.5) is 0 Å². The lowest BCUT2D eigenvalue weighted by atomic mass is 9.96. The fraction of sp³-hybridized carbons (Fsp3) is 0.368. The molecule has 134 valence electrons. The van der Waals surface area contributed by atoms with Gasteiger partial charge in [0.05, 0.1) is 19.6 Å². The molecule has 1 amide bonds. The van der Waals surface area contributed by atoms with Crippen LogP contribution in [0, 0.1) is 0 Å². The molecule has 0 unspecified atom stereocenters. The quantitative estimate of drug-likeness (QED) is 0.795. The molecule has 0 bridgehead atoms. The summed E-state index contributed by atoms with van der Waals surface area (Å²) in [6.07, 6.45) is 0. The molecule has 0 fully saturated rings. The van der Waals surface area contributed by atoms with Crippen LogP contribution in [0.1, 0.15) is 18.4 Å². The molecule has 0 spiro atoms. The first-order chi connectivity index (χ1) is 12.0. The molecule has 0 radical (unpaired) electrons. The Morgan fingerprint density at radius 2 is 1.80 bits per heavy atom. The average Bonchev–Trinajstić information content (AvgIpc) is 2.62. The van der Waals surface area contributed by atoms with Crippen LogP contribution in [0.2, 0.25) is 0 Å². The molecule has 1 atom stereocenters. The van der Waals surface area contributed by atoms with Gasteiger partial charge >= 0.3 is 5.97 Å². The zero-order valence-electron chi connectivity index (χ0n) is 14.7. The van der Waals surface area contributed by atoms with E-state index in [1.807, 2.05) is 36.4 Å². The number of fused-ring (bicyclic) bond motifs is 1. The topological polar surface area (TPSA) is 76.1 Å². The number of ether oxygens (including phenoxy) is 2. The van der Waals surface area contributed by atoms with E-state index in [1.54, 1.807) is 14.0 Å². The normalized spacial score (nSPS) is 12.0. The second-order valence-corrected chi connectivity index (χ2v) is 5.84. The molecule has 2 aromatic carbocycles. The predicted octanol–water partition coefficient (Wildman–Crippen LogP) is 2.51. The number of hydrogen-bond acceptors (Lipinski definition) is 4. The van der Waals surface area contributed by atoms with E-state index in [2.05, 4.69) is 0 Å². The van der Waals surface area contributed by atoms with Crippen molar-refractivity contribution in [3.05, 3.63) is 42.0 Å². The number of nitrogens with zero attached hydrogens (tertiary/aromatic N) is 1. The number of carboxylic acid groups (broad SMARTS) is 1. The summed E-state index contributed by atoms with van der Waals surface area (Å²) in [5, 5.41) is 11.0. The zero-order chi connectivity index (χ0) is 18.4. The third-order valence-electron chi connectivity index (χ3n) is 4.15. The van der Waals surface area contributed by atoms with E-state index in [4.69, 9.17) is 14.6 Å². The predicted molar refractivity (Wildman–Crippen MR) is 95.0 cm³/mol. The molecule has 2 rings (SSSR count). The maximum absolute atomic E-state index is 12.7. The minimum absolute atomic E-state index is 0.229. The van der Waals surface area contributed by atoms with Crippen LogP contribution in [-0.2, 0) is 14.3 Å². The fourth-order valence-electron chi connectivity index (χ4n) is 2.69. The van der Waals surface area contributed by atoms with Crippen LogP contribution in [0.5, 0.6) is 5.75 Å². The summed E-state index contributed by atoms with van der Waals surface area (Å²) in [6.45, 7) is 1.99. The van der Waals surface area contributed by atoms with E-state index in [-0.39, 0.29) is 19.0 Å². The van der Waals surface area contributed by atoms with E-state index >= 15 is 0 Å². The molecule has 0 saturated heterocycles. The first-order valence-corrected chi connectivity index (χ1v) is 8.03. The number of rotatable bonds is 8. The highest BCUT2D eigenvalue weighted by atomic mass is 16.5. The third-order valence-corrected chi connectivity index (χ3v) is 4.15. The van der Waals surface area contributed by atoms with Crippen LogP contribution >= 0.6 is 0 Å². The van der Waals surface area contributed by atoms with Gasteiger partial charge in [0.2, 0.25) is 5.91 Å². The van der Waals surface area contributed by atoms with E-state index in [1.165, 1.54) is 12.0 Å². The lowest BCUT2D eigenvalue weighted by molar-refractivity contribution is -0.145. The van der Waals surface area contributed by atoms with Gasteiger partial charge in [0.25, 0.3) is 0 Å². The lowest BCUT2D eigenvalue weighted by Crippen LogP contribution is -2.40. The van der Waals surface area contributed by atoms with Crippen molar-refractivity contribution in [3.8, 4) is 5.75 Å². The summed E-state index contributed by atoms with van der Waals surface area (Å²) in [5.41, 5.74) is 0.843. The lowest BCUT2D eigenvalue weighted by Gasteiger charge is -2.24. The number of methoxy groups -OCH3 is 2.